The molecule has 2 heterocycles. The van der Waals surface area contributed by atoms with Crippen LogP contribution in [0.5, 0.6) is 0 Å². The van der Waals surface area contributed by atoms with Crippen LogP contribution in [0.1, 0.15) is 28.3 Å². The number of nitrogens with one attached hydrogen (secondary N) is 2. The van der Waals surface area contributed by atoms with Crippen molar-refractivity contribution < 1.29 is 13.2 Å². The topological polar surface area (TPSA) is 103 Å². The van der Waals surface area contributed by atoms with Crippen LogP contribution in [0.4, 0.5) is 19.1 Å². The minimum Gasteiger partial charge on any atom is -0.360 e. The minimum absolute atomic E-state index is 0.0734. The Morgan fingerprint density at radius 1 is 1.19 bits per heavy atom. The third-order valence-corrected chi connectivity index (χ3v) is 5.76. The number of hydrogen-bond acceptors (Lipinski definition) is 5. The number of halogens is 3. The van der Waals surface area contributed by atoms with E-state index in [4.69, 9.17) is 11.0 Å². The Balaban J connectivity index is 1.56. The predicted octanol–water partition coefficient (Wildman–Crippen LogP) is 4.55. The lowest BCUT2D eigenvalue weighted by Crippen LogP contribution is -2.30. The van der Waals surface area contributed by atoms with E-state index >= 15 is 0 Å². The van der Waals surface area contributed by atoms with Crippen molar-refractivity contribution in [1.82, 2.24) is 15.0 Å². The molecule has 2 aromatic carbocycles. The first-order chi connectivity index (χ1) is 15.3. The molecule has 2 atom stereocenters. The number of nitriles is 1. The van der Waals surface area contributed by atoms with Gasteiger partial charge in [-0.15, -0.1) is 0 Å². The molecule has 4 N–H and O–H groups in total. The fraction of sp³-hybridized carbons (Fsp3) is 0.174. The molecule has 1 aliphatic rings. The number of alkyl halides is 3. The van der Waals surface area contributed by atoms with Crippen LogP contribution in [0.3, 0.4) is 0 Å². The van der Waals surface area contributed by atoms with E-state index in [0.717, 1.165) is 17.3 Å². The van der Waals surface area contributed by atoms with Crippen molar-refractivity contribution in [3.63, 3.8) is 0 Å². The third-order valence-electron chi connectivity index (χ3n) is 5.76. The summed E-state index contributed by atoms with van der Waals surface area (Å²) in [5, 5.41) is 12.7. The Bertz CT molecular complexity index is 1370. The van der Waals surface area contributed by atoms with Crippen LogP contribution in [-0.4, -0.2) is 21.0 Å². The smallest absolute Gasteiger partial charge is 0.360 e. The van der Waals surface area contributed by atoms with Gasteiger partial charge in [-0.05, 0) is 29.7 Å². The number of nitrogens with two attached hydrogens (primary N) is 1. The van der Waals surface area contributed by atoms with Crippen molar-refractivity contribution >= 4 is 16.9 Å². The molecule has 1 aliphatic carbocycles. The van der Waals surface area contributed by atoms with Crippen molar-refractivity contribution in [2.75, 3.05) is 5.32 Å². The van der Waals surface area contributed by atoms with Gasteiger partial charge in [0.15, 0.2) is 0 Å². The Hall–Kier alpha value is -3.90. The van der Waals surface area contributed by atoms with Gasteiger partial charge in [0.2, 0.25) is 5.95 Å². The van der Waals surface area contributed by atoms with Gasteiger partial charge in [0.1, 0.15) is 5.56 Å². The molecule has 0 aliphatic heterocycles. The molecule has 0 saturated carbocycles. The summed E-state index contributed by atoms with van der Waals surface area (Å²) in [5.74, 6) is 0.0734. The summed E-state index contributed by atoms with van der Waals surface area (Å²) in [4.78, 5) is 11.1. The van der Waals surface area contributed by atoms with Crippen molar-refractivity contribution in [3.8, 4) is 17.3 Å². The van der Waals surface area contributed by atoms with Crippen LogP contribution >= 0.6 is 0 Å². The SMILES string of the molecule is N#Cc1ccc2c(-c3nc(N[C@H]4Cc5ccccc5[C@@H]4N)ncc3C(F)(F)F)c[nH]c2c1. The van der Waals surface area contributed by atoms with E-state index in [1.54, 1.807) is 18.2 Å². The van der Waals surface area contributed by atoms with Crippen LogP contribution in [0.2, 0.25) is 0 Å². The lowest BCUT2D eigenvalue weighted by Gasteiger charge is -2.19. The van der Waals surface area contributed by atoms with Crippen LogP contribution in [0.25, 0.3) is 22.2 Å². The second-order valence-corrected chi connectivity index (χ2v) is 7.71. The van der Waals surface area contributed by atoms with Gasteiger partial charge < -0.3 is 16.0 Å². The highest BCUT2D eigenvalue weighted by atomic mass is 19.4. The minimum atomic E-state index is -4.63. The normalized spacial score (nSPS) is 17.8. The summed E-state index contributed by atoms with van der Waals surface area (Å²) in [5.41, 5.74) is 8.49. The molecule has 0 fully saturated rings. The lowest BCUT2D eigenvalue weighted by atomic mass is 10.0. The molecule has 6 nitrogen and oxygen atoms in total. The maximum atomic E-state index is 13.8. The zero-order valence-corrected chi connectivity index (χ0v) is 16.6. The average molecular weight is 434 g/mol. The zero-order chi connectivity index (χ0) is 22.5. The van der Waals surface area contributed by atoms with Crippen LogP contribution in [0, 0.1) is 11.3 Å². The van der Waals surface area contributed by atoms with Gasteiger partial charge in [0.05, 0.1) is 29.4 Å². The van der Waals surface area contributed by atoms with E-state index in [1.165, 1.54) is 6.20 Å². The molecule has 0 saturated heterocycles. The van der Waals surface area contributed by atoms with Crippen molar-refractivity contribution in [3.05, 3.63) is 77.1 Å². The van der Waals surface area contributed by atoms with Gasteiger partial charge in [-0.25, -0.2) is 9.97 Å². The number of aromatic nitrogens is 3. The Labute approximate surface area is 180 Å². The highest BCUT2D eigenvalue weighted by Gasteiger charge is 2.37. The molecule has 160 valence electrons. The number of fused-ring (bicyclic) bond motifs is 2. The largest absolute Gasteiger partial charge is 0.419 e. The van der Waals surface area contributed by atoms with Crippen molar-refractivity contribution in [1.29, 1.82) is 5.26 Å². The van der Waals surface area contributed by atoms with E-state index in [1.807, 2.05) is 30.3 Å². The first kappa shape index (κ1) is 20.0. The Morgan fingerprint density at radius 3 is 2.75 bits per heavy atom. The molecule has 0 bridgehead atoms. The average Bonchev–Trinajstić information content (AvgIpc) is 3.34. The monoisotopic (exact) mass is 434 g/mol. The maximum Gasteiger partial charge on any atom is 0.419 e. The van der Waals surface area contributed by atoms with Gasteiger partial charge in [-0.1, -0.05) is 30.3 Å². The highest BCUT2D eigenvalue weighted by molar-refractivity contribution is 5.96. The fourth-order valence-electron chi connectivity index (χ4n) is 4.19. The quantitative estimate of drug-likeness (QED) is 0.439. The van der Waals surface area contributed by atoms with Gasteiger partial charge >= 0.3 is 6.18 Å². The molecule has 9 heteroatoms. The van der Waals surface area contributed by atoms with Gasteiger partial charge in [-0.2, -0.15) is 18.4 Å². The van der Waals surface area contributed by atoms with E-state index in [9.17, 15) is 13.2 Å². The zero-order valence-electron chi connectivity index (χ0n) is 16.6. The second kappa shape index (κ2) is 7.35. The van der Waals surface area contributed by atoms with Gasteiger partial charge in [-0.3, -0.25) is 0 Å². The number of hydrogen-bond donors (Lipinski definition) is 3. The predicted molar refractivity (Wildman–Crippen MR) is 114 cm³/mol. The molecule has 0 spiro atoms. The van der Waals surface area contributed by atoms with Gasteiger partial charge in [0, 0.05) is 28.9 Å². The summed E-state index contributed by atoms with van der Waals surface area (Å²) >= 11 is 0. The molecule has 2 aromatic heterocycles. The standard InChI is InChI=1S/C23H17F3N6/c24-23(25,26)17-11-30-22(31-19-8-13-3-1-2-4-14(13)20(19)28)32-21(17)16-10-29-18-7-12(9-27)5-6-15(16)18/h1-7,10-11,19-20,29H,8,28H2,(H,30,31,32)/t19-,20-/m0/s1. The number of anilines is 1. The summed E-state index contributed by atoms with van der Waals surface area (Å²) < 4.78 is 41.3. The summed E-state index contributed by atoms with van der Waals surface area (Å²) in [6, 6.07) is 14.0. The van der Waals surface area contributed by atoms with Gasteiger partial charge in [0.25, 0.3) is 0 Å². The summed E-state index contributed by atoms with van der Waals surface area (Å²) in [6.45, 7) is 0. The summed E-state index contributed by atoms with van der Waals surface area (Å²) in [7, 11) is 0. The molecular weight excluding hydrogens is 417 g/mol. The fourth-order valence-corrected chi connectivity index (χ4v) is 4.19. The first-order valence-electron chi connectivity index (χ1n) is 9.91. The molecule has 0 unspecified atom stereocenters. The molecular formula is C23H17F3N6. The van der Waals surface area contributed by atoms with Crippen LogP contribution in [0.15, 0.2) is 54.9 Å². The van der Waals surface area contributed by atoms with Crippen molar-refractivity contribution in [2.45, 2.75) is 24.7 Å². The summed E-state index contributed by atoms with van der Waals surface area (Å²) in [6.07, 6.45) is -1.75. The van der Waals surface area contributed by atoms with E-state index in [2.05, 4.69) is 20.3 Å². The Kier molecular flexibility index (Phi) is 4.60. The molecule has 32 heavy (non-hydrogen) atoms. The Morgan fingerprint density at radius 2 is 2.00 bits per heavy atom. The molecule has 0 radical (unpaired) electrons. The number of rotatable bonds is 3. The first-order valence-corrected chi connectivity index (χ1v) is 9.91. The highest BCUT2D eigenvalue weighted by Crippen LogP contribution is 2.39. The van der Waals surface area contributed by atoms with E-state index in [-0.39, 0.29) is 29.3 Å². The number of nitrogens with zero attached hydrogens (tertiary/aromatic N) is 3. The lowest BCUT2D eigenvalue weighted by molar-refractivity contribution is -0.137. The third kappa shape index (κ3) is 3.35. The molecule has 5 rings (SSSR count). The number of H-pyrrole nitrogens is 1. The number of aromatic amines is 1. The molecule has 0 amide bonds. The second-order valence-electron chi connectivity index (χ2n) is 7.71. The van der Waals surface area contributed by atoms with Crippen LogP contribution in [-0.2, 0) is 12.6 Å². The van der Waals surface area contributed by atoms with E-state index < -0.39 is 11.7 Å². The maximum absolute atomic E-state index is 13.8. The van der Waals surface area contributed by atoms with Crippen LogP contribution < -0.4 is 11.1 Å². The van der Waals surface area contributed by atoms with Crippen molar-refractivity contribution in [2.24, 2.45) is 5.73 Å². The number of benzene rings is 2. The van der Waals surface area contributed by atoms with E-state index in [0.29, 0.717) is 22.9 Å². The molecule has 4 aromatic rings.